The topological polar surface area (TPSA) is 46.5 Å². The Hall–Kier alpha value is -2.46. The van der Waals surface area contributed by atoms with E-state index < -0.39 is 12.4 Å². The van der Waals surface area contributed by atoms with E-state index >= 15 is 0 Å². The standard InChI is InChI=1S/C17H15FO3/c1-12-6-2-3-7-13(12)17(16(10-19)21-11-20)14-8-4-5-9-15(14)18/h2-9,11,19H,10H2,1H3/b17-16+. The van der Waals surface area contributed by atoms with Gasteiger partial charge in [-0.05, 0) is 24.1 Å². The molecule has 3 nitrogen and oxygen atoms in total. The lowest BCUT2D eigenvalue weighted by Gasteiger charge is -2.15. The third-order valence-corrected chi connectivity index (χ3v) is 3.17. The Kier molecular flexibility index (Phi) is 4.85. The average Bonchev–Trinajstić information content (AvgIpc) is 2.50. The van der Waals surface area contributed by atoms with Crippen molar-refractivity contribution < 1.29 is 19.0 Å². The van der Waals surface area contributed by atoms with E-state index in [2.05, 4.69) is 0 Å². The minimum atomic E-state index is -0.503. The SMILES string of the molecule is Cc1ccccc1/C(=C(/CO)OC=O)c1ccccc1F. The highest BCUT2D eigenvalue weighted by molar-refractivity contribution is 5.83. The molecule has 108 valence electrons. The number of halogens is 1. The van der Waals surface area contributed by atoms with Crippen LogP contribution in [0.25, 0.3) is 5.57 Å². The second kappa shape index (κ2) is 6.81. The van der Waals surface area contributed by atoms with Crippen molar-refractivity contribution in [2.75, 3.05) is 6.61 Å². The van der Waals surface area contributed by atoms with Crippen molar-refractivity contribution in [1.29, 1.82) is 0 Å². The Morgan fingerprint density at radius 1 is 1.14 bits per heavy atom. The molecule has 0 aliphatic carbocycles. The molecular weight excluding hydrogens is 271 g/mol. The van der Waals surface area contributed by atoms with Crippen LogP contribution in [0.1, 0.15) is 16.7 Å². The molecule has 0 radical (unpaired) electrons. The van der Waals surface area contributed by atoms with Crippen LogP contribution in [0.15, 0.2) is 54.3 Å². The van der Waals surface area contributed by atoms with Crippen molar-refractivity contribution >= 4 is 12.0 Å². The van der Waals surface area contributed by atoms with Gasteiger partial charge in [0.15, 0.2) is 0 Å². The number of hydrogen-bond donors (Lipinski definition) is 1. The maximum atomic E-state index is 14.1. The van der Waals surface area contributed by atoms with Gasteiger partial charge in [0.2, 0.25) is 0 Å². The van der Waals surface area contributed by atoms with E-state index in [0.29, 0.717) is 11.1 Å². The molecule has 0 heterocycles. The molecule has 0 amide bonds. The van der Waals surface area contributed by atoms with Crippen molar-refractivity contribution in [1.82, 2.24) is 0 Å². The fourth-order valence-electron chi connectivity index (χ4n) is 2.20. The largest absolute Gasteiger partial charge is 0.430 e. The summed E-state index contributed by atoms with van der Waals surface area (Å²) < 4.78 is 19.0. The van der Waals surface area contributed by atoms with E-state index in [1.807, 2.05) is 19.1 Å². The molecule has 4 heteroatoms. The van der Waals surface area contributed by atoms with Crippen LogP contribution in [0.2, 0.25) is 0 Å². The van der Waals surface area contributed by atoms with Crippen LogP contribution in [-0.4, -0.2) is 18.2 Å². The molecule has 0 spiro atoms. The number of aliphatic hydroxyl groups excluding tert-OH is 1. The summed E-state index contributed by atoms with van der Waals surface area (Å²) in [4.78, 5) is 10.6. The summed E-state index contributed by atoms with van der Waals surface area (Å²) in [5.41, 5.74) is 2.24. The molecule has 0 aliphatic rings. The highest BCUT2D eigenvalue weighted by atomic mass is 19.1. The number of aryl methyl sites for hydroxylation is 1. The van der Waals surface area contributed by atoms with Crippen LogP contribution in [0.4, 0.5) is 4.39 Å². The lowest BCUT2D eigenvalue weighted by atomic mass is 9.93. The molecule has 0 aromatic heterocycles. The molecule has 1 N–H and O–H groups in total. The Balaban J connectivity index is 2.75. The normalized spacial score (nSPS) is 11.8. The summed E-state index contributed by atoms with van der Waals surface area (Å²) >= 11 is 0. The quantitative estimate of drug-likeness (QED) is 0.679. The Labute approximate surface area is 122 Å². The van der Waals surface area contributed by atoms with E-state index in [0.717, 1.165) is 5.56 Å². The molecule has 2 aromatic rings. The predicted molar refractivity (Wildman–Crippen MR) is 77.8 cm³/mol. The van der Waals surface area contributed by atoms with Gasteiger partial charge in [-0.1, -0.05) is 42.5 Å². The van der Waals surface area contributed by atoms with Crippen LogP contribution in [-0.2, 0) is 9.53 Å². The lowest BCUT2D eigenvalue weighted by Crippen LogP contribution is -2.05. The summed E-state index contributed by atoms with van der Waals surface area (Å²) in [6.07, 6.45) is 0. The maximum Gasteiger partial charge on any atom is 0.298 e. The van der Waals surface area contributed by atoms with Gasteiger partial charge in [0.1, 0.15) is 18.2 Å². The van der Waals surface area contributed by atoms with Gasteiger partial charge in [-0.15, -0.1) is 0 Å². The molecule has 0 aliphatic heterocycles. The van der Waals surface area contributed by atoms with Crippen LogP contribution < -0.4 is 0 Å². The molecule has 0 saturated carbocycles. The fourth-order valence-corrected chi connectivity index (χ4v) is 2.20. The summed E-state index contributed by atoms with van der Waals surface area (Å²) in [6, 6.07) is 13.5. The molecule has 0 unspecified atom stereocenters. The van der Waals surface area contributed by atoms with E-state index in [-0.39, 0.29) is 17.8 Å². The number of ether oxygens (including phenoxy) is 1. The Morgan fingerprint density at radius 2 is 1.76 bits per heavy atom. The van der Waals surface area contributed by atoms with Crippen LogP contribution in [0.5, 0.6) is 0 Å². The van der Waals surface area contributed by atoms with E-state index in [1.165, 1.54) is 6.07 Å². The van der Waals surface area contributed by atoms with Gasteiger partial charge in [-0.25, -0.2) is 4.39 Å². The van der Waals surface area contributed by atoms with Crippen LogP contribution in [0, 0.1) is 12.7 Å². The number of benzene rings is 2. The fraction of sp³-hybridized carbons (Fsp3) is 0.118. The molecule has 0 atom stereocenters. The zero-order valence-corrected chi connectivity index (χ0v) is 11.5. The van der Waals surface area contributed by atoms with Gasteiger partial charge >= 0.3 is 0 Å². The lowest BCUT2D eigenvalue weighted by molar-refractivity contribution is -0.125. The van der Waals surface area contributed by atoms with E-state index in [1.54, 1.807) is 30.3 Å². The molecule has 0 saturated heterocycles. The predicted octanol–water partition coefficient (Wildman–Crippen LogP) is 3.06. The second-order valence-electron chi connectivity index (χ2n) is 4.47. The summed E-state index contributed by atoms with van der Waals surface area (Å²) in [5, 5.41) is 9.47. The first kappa shape index (κ1) is 14.9. The molecule has 2 rings (SSSR count). The molecule has 0 bridgehead atoms. The molecular formula is C17H15FO3. The summed E-state index contributed by atoms with van der Waals surface area (Å²) in [5.74, 6) is -0.430. The van der Waals surface area contributed by atoms with Crippen molar-refractivity contribution in [2.24, 2.45) is 0 Å². The third kappa shape index (κ3) is 3.17. The van der Waals surface area contributed by atoms with Gasteiger partial charge in [-0.3, -0.25) is 4.79 Å². The molecule has 2 aromatic carbocycles. The highest BCUT2D eigenvalue weighted by Crippen LogP contribution is 2.31. The van der Waals surface area contributed by atoms with Gasteiger partial charge in [0, 0.05) is 11.1 Å². The van der Waals surface area contributed by atoms with Crippen molar-refractivity contribution in [3.05, 3.63) is 76.8 Å². The van der Waals surface area contributed by atoms with Gasteiger partial charge in [0.05, 0.1) is 0 Å². The first-order chi connectivity index (χ1) is 10.2. The number of hydrogen-bond acceptors (Lipinski definition) is 3. The number of carbonyl (C=O) groups excluding carboxylic acids is 1. The van der Waals surface area contributed by atoms with Gasteiger partial charge in [-0.2, -0.15) is 0 Å². The maximum absolute atomic E-state index is 14.1. The third-order valence-electron chi connectivity index (χ3n) is 3.17. The van der Waals surface area contributed by atoms with Crippen molar-refractivity contribution in [3.8, 4) is 0 Å². The number of rotatable bonds is 5. The number of carbonyl (C=O) groups is 1. The summed E-state index contributed by atoms with van der Waals surface area (Å²) in [7, 11) is 0. The van der Waals surface area contributed by atoms with Crippen LogP contribution >= 0.6 is 0 Å². The molecule has 21 heavy (non-hydrogen) atoms. The van der Waals surface area contributed by atoms with E-state index in [4.69, 9.17) is 4.74 Å². The zero-order chi connectivity index (χ0) is 15.2. The Morgan fingerprint density at radius 3 is 2.33 bits per heavy atom. The summed E-state index contributed by atoms with van der Waals surface area (Å²) in [6.45, 7) is 1.59. The number of aliphatic hydroxyl groups is 1. The first-order valence-electron chi connectivity index (χ1n) is 6.44. The first-order valence-corrected chi connectivity index (χ1v) is 6.44. The highest BCUT2D eigenvalue weighted by Gasteiger charge is 2.17. The molecule has 0 fully saturated rings. The Bertz CT molecular complexity index is 630. The van der Waals surface area contributed by atoms with E-state index in [9.17, 15) is 14.3 Å². The second-order valence-corrected chi connectivity index (χ2v) is 4.47. The minimum Gasteiger partial charge on any atom is -0.430 e. The smallest absolute Gasteiger partial charge is 0.298 e. The van der Waals surface area contributed by atoms with Crippen molar-refractivity contribution in [2.45, 2.75) is 6.92 Å². The zero-order valence-electron chi connectivity index (χ0n) is 11.5. The minimum absolute atomic E-state index is 0.0180. The van der Waals surface area contributed by atoms with Gasteiger partial charge in [0.25, 0.3) is 6.47 Å². The van der Waals surface area contributed by atoms with Crippen LogP contribution in [0.3, 0.4) is 0 Å². The average molecular weight is 286 g/mol. The van der Waals surface area contributed by atoms with Crippen molar-refractivity contribution in [3.63, 3.8) is 0 Å². The monoisotopic (exact) mass is 286 g/mol. The van der Waals surface area contributed by atoms with Gasteiger partial charge < -0.3 is 9.84 Å².